The molecule has 0 spiro atoms. The van der Waals surface area contributed by atoms with Gasteiger partial charge in [0.2, 0.25) is 5.91 Å². The van der Waals surface area contributed by atoms with Crippen LogP contribution in [0.2, 0.25) is 5.02 Å². The van der Waals surface area contributed by atoms with Crippen LogP contribution in [-0.2, 0) is 25.5 Å². The Morgan fingerprint density at radius 2 is 2.04 bits per heavy atom. The highest BCUT2D eigenvalue weighted by molar-refractivity contribution is 6.30. The summed E-state index contributed by atoms with van der Waals surface area (Å²) in [6.45, 7) is 5.82. The van der Waals surface area contributed by atoms with Gasteiger partial charge < -0.3 is 19.7 Å². The van der Waals surface area contributed by atoms with Gasteiger partial charge in [-0.3, -0.25) is 9.59 Å². The first-order valence-electron chi connectivity index (χ1n) is 9.30. The number of nitrogens with zero attached hydrogens (tertiary/aromatic N) is 1. The first-order chi connectivity index (χ1) is 13.1. The number of carbonyl (C=O) groups excluding carboxylic acids is 3. The zero-order valence-corrected chi connectivity index (χ0v) is 17.3. The van der Waals surface area contributed by atoms with Crippen molar-refractivity contribution in [2.45, 2.75) is 51.7 Å². The lowest BCUT2D eigenvalue weighted by molar-refractivity contribution is -0.146. The molecule has 7 nitrogen and oxygen atoms in total. The summed E-state index contributed by atoms with van der Waals surface area (Å²) in [5.74, 6) is -0.590. The molecule has 1 aromatic carbocycles. The van der Waals surface area contributed by atoms with Gasteiger partial charge in [-0.15, -0.1) is 0 Å². The Morgan fingerprint density at radius 3 is 2.71 bits per heavy atom. The van der Waals surface area contributed by atoms with E-state index in [4.69, 9.17) is 21.1 Å². The molecular weight excluding hydrogens is 384 g/mol. The average molecular weight is 411 g/mol. The van der Waals surface area contributed by atoms with E-state index in [2.05, 4.69) is 5.32 Å². The van der Waals surface area contributed by atoms with Crippen LogP contribution in [0.25, 0.3) is 0 Å². The molecule has 1 heterocycles. The first-order valence-corrected chi connectivity index (χ1v) is 9.68. The lowest BCUT2D eigenvalue weighted by Gasteiger charge is -2.25. The highest BCUT2D eigenvalue weighted by Gasteiger charge is 2.30. The number of halogens is 1. The second-order valence-corrected chi connectivity index (χ2v) is 8.16. The summed E-state index contributed by atoms with van der Waals surface area (Å²) >= 11 is 5.92. The number of likely N-dealkylation sites (tertiary alicyclic amines) is 1. The molecule has 0 bridgehead atoms. The van der Waals surface area contributed by atoms with E-state index in [9.17, 15) is 14.4 Å². The van der Waals surface area contributed by atoms with Gasteiger partial charge in [0, 0.05) is 11.6 Å². The van der Waals surface area contributed by atoms with E-state index in [-0.39, 0.29) is 37.5 Å². The van der Waals surface area contributed by atoms with Crippen LogP contribution in [0.1, 0.15) is 39.2 Å². The molecule has 1 saturated heterocycles. The molecule has 1 aromatic rings. The predicted molar refractivity (Wildman–Crippen MR) is 105 cm³/mol. The van der Waals surface area contributed by atoms with Crippen molar-refractivity contribution in [1.82, 2.24) is 10.2 Å². The maximum atomic E-state index is 12.4. The van der Waals surface area contributed by atoms with Crippen LogP contribution < -0.4 is 5.32 Å². The maximum Gasteiger partial charge on any atom is 0.408 e. The van der Waals surface area contributed by atoms with Crippen molar-refractivity contribution < 1.29 is 23.9 Å². The predicted octanol–water partition coefficient (Wildman–Crippen LogP) is 2.94. The monoisotopic (exact) mass is 410 g/mol. The zero-order valence-electron chi connectivity index (χ0n) is 16.5. The first kappa shape index (κ1) is 22.0. The number of amides is 2. The van der Waals surface area contributed by atoms with Crippen molar-refractivity contribution in [3.05, 3.63) is 34.9 Å². The lowest BCUT2D eigenvalue weighted by Crippen LogP contribution is -2.45. The Balaban J connectivity index is 1.77. The summed E-state index contributed by atoms with van der Waals surface area (Å²) in [7, 11) is 0. The number of nitrogens with one attached hydrogen (secondary N) is 1. The number of ether oxygens (including phenoxy) is 2. The number of rotatable bonds is 6. The average Bonchev–Trinajstić information content (AvgIpc) is 3.05. The molecule has 8 heteroatoms. The summed E-state index contributed by atoms with van der Waals surface area (Å²) < 4.78 is 10.5. The third kappa shape index (κ3) is 7.38. The highest BCUT2D eigenvalue weighted by Crippen LogP contribution is 2.18. The van der Waals surface area contributed by atoms with Crippen LogP contribution in [0.4, 0.5) is 4.79 Å². The Bertz CT molecular complexity index is 717. The van der Waals surface area contributed by atoms with Gasteiger partial charge in [-0.1, -0.05) is 23.7 Å². The van der Waals surface area contributed by atoms with Crippen molar-refractivity contribution in [2.24, 2.45) is 0 Å². The quantitative estimate of drug-likeness (QED) is 0.729. The normalized spacial score (nSPS) is 16.6. The van der Waals surface area contributed by atoms with Crippen molar-refractivity contribution in [3.63, 3.8) is 0 Å². The number of benzene rings is 1. The van der Waals surface area contributed by atoms with Crippen molar-refractivity contribution in [3.8, 4) is 0 Å². The highest BCUT2D eigenvalue weighted by atomic mass is 35.5. The number of carbonyl (C=O) groups is 3. The minimum absolute atomic E-state index is 0.126. The number of esters is 1. The van der Waals surface area contributed by atoms with Gasteiger partial charge in [-0.05, 0) is 51.3 Å². The smallest absolute Gasteiger partial charge is 0.408 e. The van der Waals surface area contributed by atoms with Gasteiger partial charge in [0.05, 0.1) is 12.5 Å². The second-order valence-electron chi connectivity index (χ2n) is 7.73. The Kier molecular flexibility index (Phi) is 7.69. The summed E-state index contributed by atoms with van der Waals surface area (Å²) in [5.41, 5.74) is 0.152. The molecule has 1 unspecified atom stereocenters. The van der Waals surface area contributed by atoms with Crippen LogP contribution in [0.5, 0.6) is 0 Å². The van der Waals surface area contributed by atoms with Gasteiger partial charge in [0.25, 0.3) is 0 Å². The summed E-state index contributed by atoms with van der Waals surface area (Å²) in [6.07, 6.45) is 1.07. The van der Waals surface area contributed by atoms with Crippen LogP contribution in [-0.4, -0.2) is 54.2 Å². The summed E-state index contributed by atoms with van der Waals surface area (Å²) in [6, 6.07) is 6.86. The lowest BCUT2D eigenvalue weighted by atomic mass is 10.1. The van der Waals surface area contributed by atoms with E-state index < -0.39 is 11.7 Å². The van der Waals surface area contributed by atoms with Crippen LogP contribution in [0, 0.1) is 0 Å². The fourth-order valence-electron chi connectivity index (χ4n) is 2.95. The maximum absolute atomic E-state index is 12.4. The molecule has 28 heavy (non-hydrogen) atoms. The molecule has 1 aliphatic heterocycles. The molecular formula is C20H27ClN2O5. The molecule has 0 saturated carbocycles. The second kappa shape index (κ2) is 9.78. The van der Waals surface area contributed by atoms with E-state index >= 15 is 0 Å². The van der Waals surface area contributed by atoms with E-state index in [1.54, 1.807) is 49.9 Å². The van der Waals surface area contributed by atoms with E-state index in [1.165, 1.54) is 0 Å². The molecule has 154 valence electrons. The summed E-state index contributed by atoms with van der Waals surface area (Å²) in [5, 5.41) is 3.03. The topological polar surface area (TPSA) is 84.9 Å². The van der Waals surface area contributed by atoms with Gasteiger partial charge >= 0.3 is 12.1 Å². The molecule has 1 atom stereocenters. The van der Waals surface area contributed by atoms with Crippen LogP contribution in [0.3, 0.4) is 0 Å². The van der Waals surface area contributed by atoms with Gasteiger partial charge in [-0.2, -0.15) is 0 Å². The molecule has 1 aliphatic rings. The van der Waals surface area contributed by atoms with Crippen LogP contribution >= 0.6 is 11.6 Å². The standard InChI is InChI=1S/C20H27ClN2O5/c1-20(2,3)28-19(26)22-12-17(24)23-9-5-8-16(23)13-27-18(25)11-14-6-4-7-15(21)10-14/h4,6-7,10,16H,5,8-9,11-13H2,1-3H3,(H,22,26). The van der Waals surface area contributed by atoms with Crippen LogP contribution in [0.15, 0.2) is 24.3 Å². The van der Waals surface area contributed by atoms with E-state index in [0.717, 1.165) is 18.4 Å². The molecule has 2 rings (SSSR count). The van der Waals surface area contributed by atoms with Crippen molar-refractivity contribution in [1.29, 1.82) is 0 Å². The zero-order chi connectivity index (χ0) is 20.7. The van der Waals surface area contributed by atoms with Crippen molar-refractivity contribution >= 4 is 29.6 Å². The Morgan fingerprint density at radius 1 is 1.29 bits per heavy atom. The Labute approximate surface area is 170 Å². The van der Waals surface area contributed by atoms with Gasteiger partial charge in [0.1, 0.15) is 18.8 Å². The number of alkyl carbamates (subject to hydrolysis) is 1. The molecule has 0 aliphatic carbocycles. The largest absolute Gasteiger partial charge is 0.463 e. The molecule has 1 fully saturated rings. The minimum Gasteiger partial charge on any atom is -0.463 e. The van der Waals surface area contributed by atoms with E-state index in [1.807, 2.05) is 0 Å². The molecule has 2 amide bonds. The SMILES string of the molecule is CC(C)(C)OC(=O)NCC(=O)N1CCCC1COC(=O)Cc1cccc(Cl)c1. The van der Waals surface area contributed by atoms with E-state index in [0.29, 0.717) is 11.6 Å². The fraction of sp³-hybridized carbons (Fsp3) is 0.550. The Hall–Kier alpha value is -2.28. The third-order valence-electron chi connectivity index (χ3n) is 4.15. The van der Waals surface area contributed by atoms with Gasteiger partial charge in [0.15, 0.2) is 0 Å². The van der Waals surface area contributed by atoms with Gasteiger partial charge in [-0.25, -0.2) is 4.79 Å². The third-order valence-corrected chi connectivity index (χ3v) is 4.39. The summed E-state index contributed by atoms with van der Waals surface area (Å²) in [4.78, 5) is 37.8. The fourth-order valence-corrected chi connectivity index (χ4v) is 3.17. The molecule has 0 aromatic heterocycles. The minimum atomic E-state index is -0.635. The molecule has 0 radical (unpaired) electrons. The van der Waals surface area contributed by atoms with Crippen molar-refractivity contribution in [2.75, 3.05) is 19.7 Å². The molecule has 1 N–H and O–H groups in total. The number of hydrogen-bond donors (Lipinski definition) is 1. The number of hydrogen-bond acceptors (Lipinski definition) is 5.